The Balaban J connectivity index is 2.32. The van der Waals surface area contributed by atoms with Gasteiger partial charge in [0.1, 0.15) is 0 Å². The Morgan fingerprint density at radius 3 is 1.76 bits per heavy atom. The number of aryl methyl sites for hydroxylation is 1. The van der Waals surface area contributed by atoms with Crippen molar-refractivity contribution in [2.75, 3.05) is 0 Å². The fraction of sp³-hybridized carbons (Fsp3) is 0.0476. The summed E-state index contributed by atoms with van der Waals surface area (Å²) in [4.78, 5) is 0.688. The molecule has 0 N–H and O–H groups in total. The van der Waals surface area contributed by atoms with Gasteiger partial charge in [0.2, 0.25) is 9.84 Å². The standard InChI is InChI=1S/C21H17IO2S/c1-16-10-8-9-15-19(16)25(23,24)21(18-13-6-3-7-14-18)20(22)17-11-4-2-5-12-17/h2-15H,1H3/b21-20+. The zero-order valence-corrected chi connectivity index (χ0v) is 16.7. The van der Waals surface area contributed by atoms with Gasteiger partial charge in [0.05, 0.1) is 9.80 Å². The van der Waals surface area contributed by atoms with Gasteiger partial charge in [-0.25, -0.2) is 8.42 Å². The number of halogens is 1. The average Bonchev–Trinajstić information content (AvgIpc) is 2.63. The van der Waals surface area contributed by atoms with Crippen LogP contribution < -0.4 is 0 Å². The zero-order valence-electron chi connectivity index (χ0n) is 13.7. The lowest BCUT2D eigenvalue weighted by atomic mass is 10.1. The summed E-state index contributed by atoms with van der Waals surface area (Å²) in [5, 5.41) is 0. The van der Waals surface area contributed by atoms with E-state index in [1.807, 2.05) is 79.7 Å². The Morgan fingerprint density at radius 2 is 1.20 bits per heavy atom. The van der Waals surface area contributed by atoms with Crippen LogP contribution >= 0.6 is 22.6 Å². The second kappa shape index (κ2) is 7.54. The van der Waals surface area contributed by atoms with Crippen molar-refractivity contribution >= 4 is 40.9 Å². The molecule has 0 amide bonds. The lowest BCUT2D eigenvalue weighted by molar-refractivity contribution is 0.605. The molecule has 3 aromatic carbocycles. The third-order valence-corrected chi connectivity index (χ3v) is 7.46. The van der Waals surface area contributed by atoms with E-state index in [0.717, 1.165) is 11.1 Å². The summed E-state index contributed by atoms with van der Waals surface area (Å²) in [6.07, 6.45) is 0. The minimum Gasteiger partial charge on any atom is -0.218 e. The van der Waals surface area contributed by atoms with Crippen LogP contribution in [-0.2, 0) is 9.84 Å². The molecule has 0 unspecified atom stereocenters. The fourth-order valence-corrected chi connectivity index (χ4v) is 5.98. The highest BCUT2D eigenvalue weighted by molar-refractivity contribution is 14.1. The molecule has 0 heterocycles. The van der Waals surface area contributed by atoms with E-state index in [0.29, 0.717) is 18.9 Å². The number of hydrogen-bond donors (Lipinski definition) is 0. The van der Waals surface area contributed by atoms with Crippen molar-refractivity contribution in [3.63, 3.8) is 0 Å². The third kappa shape index (κ3) is 3.70. The minimum atomic E-state index is -3.66. The summed E-state index contributed by atoms with van der Waals surface area (Å²) in [6, 6.07) is 26.0. The lowest BCUT2D eigenvalue weighted by Crippen LogP contribution is -2.07. The molecule has 0 aromatic heterocycles. The van der Waals surface area contributed by atoms with Crippen LogP contribution in [0.5, 0.6) is 0 Å². The summed E-state index contributed by atoms with van der Waals surface area (Å²) in [5.41, 5.74) is 2.33. The van der Waals surface area contributed by atoms with Crippen molar-refractivity contribution in [1.82, 2.24) is 0 Å². The second-order valence-electron chi connectivity index (χ2n) is 5.64. The van der Waals surface area contributed by atoms with E-state index in [-0.39, 0.29) is 0 Å². The monoisotopic (exact) mass is 460 g/mol. The lowest BCUT2D eigenvalue weighted by Gasteiger charge is -2.15. The summed E-state index contributed by atoms with van der Waals surface area (Å²) in [7, 11) is -3.66. The molecule has 0 aliphatic rings. The van der Waals surface area contributed by atoms with E-state index in [2.05, 4.69) is 22.6 Å². The van der Waals surface area contributed by atoms with Gasteiger partial charge in [0.15, 0.2) is 0 Å². The van der Waals surface area contributed by atoms with Gasteiger partial charge < -0.3 is 0 Å². The number of sulfone groups is 1. The normalized spacial score (nSPS) is 12.6. The van der Waals surface area contributed by atoms with Crippen LogP contribution in [0.2, 0.25) is 0 Å². The summed E-state index contributed by atoms with van der Waals surface area (Å²) < 4.78 is 27.7. The predicted octanol–water partition coefficient (Wildman–Crippen LogP) is 5.73. The molecule has 0 fully saturated rings. The molecule has 0 saturated carbocycles. The molecule has 0 bridgehead atoms. The van der Waals surface area contributed by atoms with Crippen molar-refractivity contribution in [3.8, 4) is 0 Å². The van der Waals surface area contributed by atoms with E-state index < -0.39 is 9.84 Å². The Labute approximate surface area is 162 Å². The van der Waals surface area contributed by atoms with Crippen LogP contribution in [0.3, 0.4) is 0 Å². The van der Waals surface area contributed by atoms with Gasteiger partial charge in [-0.1, -0.05) is 78.9 Å². The molecule has 4 heteroatoms. The van der Waals surface area contributed by atoms with E-state index in [1.165, 1.54) is 0 Å². The number of hydrogen-bond acceptors (Lipinski definition) is 2. The first-order valence-electron chi connectivity index (χ1n) is 7.83. The molecule has 0 atom stereocenters. The first-order chi connectivity index (χ1) is 12.0. The van der Waals surface area contributed by atoms with Crippen molar-refractivity contribution < 1.29 is 8.42 Å². The SMILES string of the molecule is Cc1ccccc1S(=O)(=O)/C(=C(/I)c1ccccc1)c1ccccc1. The topological polar surface area (TPSA) is 34.1 Å². The van der Waals surface area contributed by atoms with E-state index in [4.69, 9.17) is 0 Å². The fourth-order valence-electron chi connectivity index (χ4n) is 2.67. The maximum Gasteiger partial charge on any atom is 0.208 e. The minimum absolute atomic E-state index is 0.342. The Morgan fingerprint density at radius 1 is 0.720 bits per heavy atom. The van der Waals surface area contributed by atoms with Crippen molar-refractivity contribution in [2.45, 2.75) is 11.8 Å². The quantitative estimate of drug-likeness (QED) is 0.368. The van der Waals surface area contributed by atoms with Crippen LogP contribution in [0.25, 0.3) is 8.48 Å². The molecule has 0 saturated heterocycles. The largest absolute Gasteiger partial charge is 0.218 e. The second-order valence-corrected chi connectivity index (χ2v) is 8.58. The van der Waals surface area contributed by atoms with Gasteiger partial charge in [0, 0.05) is 3.58 Å². The summed E-state index contributed by atoms with van der Waals surface area (Å²) in [5.74, 6) is 0. The predicted molar refractivity (Wildman–Crippen MR) is 112 cm³/mol. The molecule has 0 aliphatic carbocycles. The van der Waals surface area contributed by atoms with E-state index in [9.17, 15) is 8.42 Å². The highest BCUT2D eigenvalue weighted by Crippen LogP contribution is 2.39. The maximum absolute atomic E-state index is 13.5. The van der Waals surface area contributed by atoms with Crippen LogP contribution in [-0.4, -0.2) is 8.42 Å². The first kappa shape index (κ1) is 17.9. The first-order valence-corrected chi connectivity index (χ1v) is 10.4. The zero-order chi connectivity index (χ0) is 17.9. The molecular weight excluding hydrogens is 443 g/mol. The third-order valence-electron chi connectivity index (χ3n) is 3.91. The highest BCUT2D eigenvalue weighted by Gasteiger charge is 2.27. The van der Waals surface area contributed by atoms with Crippen LogP contribution in [0.15, 0.2) is 89.8 Å². The van der Waals surface area contributed by atoms with Crippen molar-refractivity contribution in [1.29, 1.82) is 0 Å². The van der Waals surface area contributed by atoms with Gasteiger partial charge >= 0.3 is 0 Å². The van der Waals surface area contributed by atoms with Crippen molar-refractivity contribution in [2.24, 2.45) is 0 Å². The van der Waals surface area contributed by atoms with E-state index >= 15 is 0 Å². The molecule has 0 spiro atoms. The van der Waals surface area contributed by atoms with Gasteiger partial charge in [-0.05, 0) is 52.3 Å². The average molecular weight is 460 g/mol. The van der Waals surface area contributed by atoms with Crippen LogP contribution in [0, 0.1) is 6.92 Å². The summed E-state index contributed by atoms with van der Waals surface area (Å²) in [6.45, 7) is 1.82. The molecular formula is C21H17IO2S. The molecule has 0 radical (unpaired) electrons. The molecule has 25 heavy (non-hydrogen) atoms. The van der Waals surface area contributed by atoms with Gasteiger partial charge in [0.25, 0.3) is 0 Å². The number of rotatable bonds is 4. The Bertz CT molecular complexity index is 1010. The molecule has 3 rings (SSSR count). The van der Waals surface area contributed by atoms with Gasteiger partial charge in [-0.2, -0.15) is 0 Å². The molecule has 3 aromatic rings. The van der Waals surface area contributed by atoms with Crippen molar-refractivity contribution in [3.05, 3.63) is 102 Å². The molecule has 2 nitrogen and oxygen atoms in total. The molecule has 0 aliphatic heterocycles. The smallest absolute Gasteiger partial charge is 0.208 e. The van der Waals surface area contributed by atoms with E-state index in [1.54, 1.807) is 12.1 Å². The highest BCUT2D eigenvalue weighted by atomic mass is 127. The van der Waals surface area contributed by atoms with Gasteiger partial charge in [-0.15, -0.1) is 0 Å². The number of benzene rings is 3. The Hall–Kier alpha value is -1.92. The maximum atomic E-state index is 13.5. The Kier molecular flexibility index (Phi) is 5.39. The summed E-state index contributed by atoms with van der Waals surface area (Å²) >= 11 is 2.14. The van der Waals surface area contributed by atoms with Crippen LogP contribution in [0.4, 0.5) is 0 Å². The molecule has 126 valence electrons. The van der Waals surface area contributed by atoms with Crippen LogP contribution in [0.1, 0.15) is 16.7 Å². The van der Waals surface area contributed by atoms with Gasteiger partial charge in [-0.3, -0.25) is 0 Å².